The molecule has 3 amide bonds. The first-order chi connectivity index (χ1) is 17.9. The van der Waals surface area contributed by atoms with Crippen molar-refractivity contribution in [3.05, 3.63) is 77.1 Å². The maximum Gasteiger partial charge on any atom is 0.255 e. The fraction of sp³-hybridized carbons (Fsp3) is 0.370. The van der Waals surface area contributed by atoms with Crippen LogP contribution in [0.15, 0.2) is 54.7 Å². The Kier molecular flexibility index (Phi) is 7.00. The van der Waals surface area contributed by atoms with Gasteiger partial charge in [0, 0.05) is 24.1 Å². The van der Waals surface area contributed by atoms with Gasteiger partial charge in [-0.05, 0) is 44.6 Å². The molecule has 1 unspecified atom stereocenters. The smallest absolute Gasteiger partial charge is 0.255 e. The van der Waals surface area contributed by atoms with Gasteiger partial charge in [-0.15, -0.1) is 5.10 Å². The first-order valence-corrected chi connectivity index (χ1v) is 12.4. The Balaban J connectivity index is 1.28. The maximum atomic E-state index is 13.0. The third-order valence-electron chi connectivity index (χ3n) is 6.74. The molecular weight excluding hydrogens is 472 g/mol. The summed E-state index contributed by atoms with van der Waals surface area (Å²) >= 11 is 0. The molecule has 10 nitrogen and oxygen atoms in total. The summed E-state index contributed by atoms with van der Waals surface area (Å²) in [7, 11) is 4.07. The van der Waals surface area contributed by atoms with E-state index in [1.165, 1.54) is 10.5 Å². The number of benzene rings is 2. The van der Waals surface area contributed by atoms with Crippen LogP contribution < -0.4 is 10.1 Å². The van der Waals surface area contributed by atoms with Crippen LogP contribution >= 0.6 is 0 Å². The Morgan fingerprint density at radius 2 is 1.92 bits per heavy atom. The largest absolute Gasteiger partial charge is 0.487 e. The zero-order valence-electron chi connectivity index (χ0n) is 21.0. The number of imide groups is 1. The van der Waals surface area contributed by atoms with Crippen LogP contribution in [0.3, 0.4) is 0 Å². The van der Waals surface area contributed by atoms with Crippen molar-refractivity contribution in [3.63, 3.8) is 0 Å². The van der Waals surface area contributed by atoms with Crippen LogP contribution in [0.2, 0.25) is 0 Å². The van der Waals surface area contributed by atoms with Gasteiger partial charge in [-0.25, -0.2) is 4.68 Å². The minimum Gasteiger partial charge on any atom is -0.487 e. The van der Waals surface area contributed by atoms with Gasteiger partial charge >= 0.3 is 0 Å². The lowest BCUT2D eigenvalue weighted by molar-refractivity contribution is -0.136. The molecule has 2 aliphatic heterocycles. The van der Waals surface area contributed by atoms with Gasteiger partial charge in [0.25, 0.3) is 5.91 Å². The van der Waals surface area contributed by atoms with Crippen molar-refractivity contribution < 1.29 is 19.1 Å². The number of carbonyl (C=O) groups excluding carboxylic acids is 3. The maximum absolute atomic E-state index is 13.0. The predicted octanol–water partition coefficient (Wildman–Crippen LogP) is 1.96. The van der Waals surface area contributed by atoms with Crippen LogP contribution in [0.4, 0.5) is 0 Å². The third kappa shape index (κ3) is 5.39. The van der Waals surface area contributed by atoms with Crippen molar-refractivity contribution in [1.82, 2.24) is 30.1 Å². The van der Waals surface area contributed by atoms with E-state index < -0.39 is 11.9 Å². The van der Waals surface area contributed by atoms with Crippen molar-refractivity contribution in [1.29, 1.82) is 0 Å². The second kappa shape index (κ2) is 10.5. The van der Waals surface area contributed by atoms with Gasteiger partial charge in [-0.1, -0.05) is 41.6 Å². The highest BCUT2D eigenvalue weighted by atomic mass is 16.5. The zero-order valence-corrected chi connectivity index (χ0v) is 21.0. The molecule has 3 heterocycles. The normalized spacial score (nSPS) is 18.2. The van der Waals surface area contributed by atoms with E-state index in [0.717, 1.165) is 18.5 Å². The van der Waals surface area contributed by atoms with E-state index in [-0.39, 0.29) is 37.4 Å². The zero-order chi connectivity index (χ0) is 25.9. The van der Waals surface area contributed by atoms with E-state index in [1.807, 2.05) is 49.2 Å². The Bertz CT molecular complexity index is 1310. The summed E-state index contributed by atoms with van der Waals surface area (Å²) in [6.07, 6.45) is 3.27. The van der Waals surface area contributed by atoms with Gasteiger partial charge in [0.2, 0.25) is 11.8 Å². The number of nitrogens with zero attached hydrogens (tertiary/aromatic N) is 5. The molecule has 1 fully saturated rings. The van der Waals surface area contributed by atoms with E-state index in [4.69, 9.17) is 4.74 Å². The Labute approximate surface area is 215 Å². The standard InChI is InChI=1S/C27H30N6O4/c1-31(2)15-20(13-18-7-4-3-5-8-18)33-14-19(29-30-33)17-37-24-10-6-9-21-22(24)16-32(27(21)36)23-11-12-25(34)28-26(23)35/h3-10,14,20,23H,11-13,15-17H2,1-2H3,(H,28,34,35)/t20-,23?/m0/s1. The predicted molar refractivity (Wildman–Crippen MR) is 135 cm³/mol. The summed E-state index contributed by atoms with van der Waals surface area (Å²) in [6.45, 7) is 1.26. The van der Waals surface area contributed by atoms with Gasteiger partial charge in [-0.3, -0.25) is 19.7 Å². The average Bonchev–Trinajstić information content (AvgIpc) is 3.48. The fourth-order valence-electron chi connectivity index (χ4n) is 4.95. The van der Waals surface area contributed by atoms with Gasteiger partial charge in [0.05, 0.1) is 18.8 Å². The van der Waals surface area contributed by atoms with Crippen LogP contribution in [0.25, 0.3) is 0 Å². The number of carbonyl (C=O) groups is 3. The molecule has 192 valence electrons. The van der Waals surface area contributed by atoms with Crippen molar-refractivity contribution in [2.24, 2.45) is 0 Å². The second-order valence-corrected chi connectivity index (χ2v) is 9.77. The van der Waals surface area contributed by atoms with E-state index in [9.17, 15) is 14.4 Å². The number of piperidine rings is 1. The quantitative estimate of drug-likeness (QED) is 0.446. The Morgan fingerprint density at radius 3 is 2.68 bits per heavy atom. The SMILES string of the molecule is CN(C)C[C@H](Cc1ccccc1)n1cc(COc2cccc3c2CN(C2CCC(=O)NC2=O)C3=O)nn1. The second-order valence-electron chi connectivity index (χ2n) is 9.77. The van der Waals surface area contributed by atoms with Gasteiger partial charge in [0.15, 0.2) is 0 Å². The molecule has 2 aliphatic rings. The molecular formula is C27H30N6O4. The molecule has 0 bridgehead atoms. The van der Waals surface area contributed by atoms with Crippen molar-refractivity contribution >= 4 is 17.7 Å². The summed E-state index contributed by atoms with van der Waals surface area (Å²) in [6, 6.07) is 15.1. The number of ether oxygens (including phenoxy) is 1. The van der Waals surface area contributed by atoms with Gasteiger partial charge in [-0.2, -0.15) is 0 Å². The first kappa shape index (κ1) is 24.6. The number of likely N-dealkylation sites (N-methyl/N-ethyl adjacent to an activating group) is 1. The molecule has 1 aromatic heterocycles. The molecule has 3 aromatic rings. The summed E-state index contributed by atoms with van der Waals surface area (Å²) in [4.78, 5) is 40.6. The Morgan fingerprint density at radius 1 is 1.11 bits per heavy atom. The Hall–Kier alpha value is -4.05. The molecule has 0 radical (unpaired) electrons. The lowest BCUT2D eigenvalue weighted by atomic mass is 10.0. The molecule has 2 atom stereocenters. The number of hydrogen-bond donors (Lipinski definition) is 1. The van der Waals surface area contributed by atoms with E-state index >= 15 is 0 Å². The van der Waals surface area contributed by atoms with E-state index in [2.05, 4.69) is 32.7 Å². The van der Waals surface area contributed by atoms with Crippen LogP contribution in [-0.4, -0.2) is 69.2 Å². The third-order valence-corrected chi connectivity index (χ3v) is 6.74. The molecule has 2 aromatic carbocycles. The number of amides is 3. The number of aromatic nitrogens is 3. The molecule has 0 saturated carbocycles. The molecule has 10 heteroatoms. The minimum atomic E-state index is -0.663. The van der Waals surface area contributed by atoms with Crippen molar-refractivity contribution in [2.45, 2.75) is 44.5 Å². The molecule has 0 spiro atoms. The van der Waals surface area contributed by atoms with Crippen LogP contribution in [0.1, 0.15) is 46.1 Å². The number of fused-ring (bicyclic) bond motifs is 1. The highest BCUT2D eigenvalue weighted by Crippen LogP contribution is 2.33. The van der Waals surface area contributed by atoms with Gasteiger partial charge in [0.1, 0.15) is 24.1 Å². The lowest BCUT2D eigenvalue weighted by Gasteiger charge is -2.29. The molecule has 1 N–H and O–H groups in total. The minimum absolute atomic E-state index is 0.110. The topological polar surface area (TPSA) is 110 Å². The molecule has 37 heavy (non-hydrogen) atoms. The number of nitrogens with one attached hydrogen (secondary N) is 1. The molecule has 5 rings (SSSR count). The van der Waals surface area contributed by atoms with E-state index in [1.54, 1.807) is 12.1 Å². The fourth-order valence-corrected chi connectivity index (χ4v) is 4.95. The average molecular weight is 503 g/mol. The van der Waals surface area contributed by atoms with Crippen LogP contribution in [-0.2, 0) is 29.2 Å². The van der Waals surface area contributed by atoms with Crippen LogP contribution in [0.5, 0.6) is 5.75 Å². The summed E-state index contributed by atoms with van der Waals surface area (Å²) in [5.41, 5.74) is 3.16. The highest BCUT2D eigenvalue weighted by molar-refractivity contribution is 6.05. The number of rotatable bonds is 9. The summed E-state index contributed by atoms with van der Waals surface area (Å²) < 4.78 is 7.98. The van der Waals surface area contributed by atoms with Crippen LogP contribution in [0, 0.1) is 0 Å². The van der Waals surface area contributed by atoms with E-state index in [0.29, 0.717) is 23.4 Å². The van der Waals surface area contributed by atoms with Gasteiger partial charge < -0.3 is 14.5 Å². The summed E-state index contributed by atoms with van der Waals surface area (Å²) in [5.74, 6) is -0.393. The van der Waals surface area contributed by atoms with Crippen molar-refractivity contribution in [2.75, 3.05) is 20.6 Å². The summed E-state index contributed by atoms with van der Waals surface area (Å²) in [5, 5.41) is 11.0. The lowest BCUT2D eigenvalue weighted by Crippen LogP contribution is -2.52. The van der Waals surface area contributed by atoms with Crippen molar-refractivity contribution in [3.8, 4) is 5.75 Å². The number of hydrogen-bond acceptors (Lipinski definition) is 7. The monoisotopic (exact) mass is 502 g/mol. The highest BCUT2D eigenvalue weighted by Gasteiger charge is 2.40. The molecule has 0 aliphatic carbocycles. The molecule has 1 saturated heterocycles. The first-order valence-electron chi connectivity index (χ1n) is 12.4.